The van der Waals surface area contributed by atoms with Crippen molar-refractivity contribution in [3.63, 3.8) is 0 Å². The van der Waals surface area contributed by atoms with Crippen LogP contribution in [0.25, 0.3) is 6.08 Å². The molecule has 4 rings (SSSR count). The molecule has 2 heterocycles. The third-order valence-corrected chi connectivity index (χ3v) is 6.01. The molecule has 0 radical (unpaired) electrons. The van der Waals surface area contributed by atoms with Crippen LogP contribution in [-0.4, -0.2) is 56.9 Å². The first-order chi connectivity index (χ1) is 13.6. The first-order valence-electron chi connectivity index (χ1n) is 10.5. The highest BCUT2D eigenvalue weighted by atomic mass is 32.1. The van der Waals surface area contributed by atoms with Crippen molar-refractivity contribution in [1.82, 2.24) is 24.1 Å². The molecule has 0 atom stereocenters. The number of piperazine rings is 1. The van der Waals surface area contributed by atoms with Crippen molar-refractivity contribution in [2.24, 2.45) is 0 Å². The number of benzene rings is 1. The van der Waals surface area contributed by atoms with Gasteiger partial charge < -0.3 is 4.57 Å². The lowest BCUT2D eigenvalue weighted by molar-refractivity contribution is 0.110. The summed E-state index contributed by atoms with van der Waals surface area (Å²) in [6.45, 7) is 10.5. The SMILES string of the molecule is CC(C)c1nn(CN2CCN(C/C=C/c3ccccc3)CC2)c(=S)n1C1CC1. The van der Waals surface area contributed by atoms with Crippen LogP contribution in [0.5, 0.6) is 0 Å². The fraction of sp³-hybridized carbons (Fsp3) is 0.545. The number of hydrogen-bond acceptors (Lipinski definition) is 4. The third kappa shape index (κ3) is 4.62. The summed E-state index contributed by atoms with van der Waals surface area (Å²) < 4.78 is 5.26. The minimum atomic E-state index is 0.414. The van der Waals surface area contributed by atoms with Gasteiger partial charge in [-0.05, 0) is 30.6 Å². The molecular formula is C22H31N5S. The quantitative estimate of drug-likeness (QED) is 0.656. The predicted octanol–water partition coefficient (Wildman–Crippen LogP) is 4.16. The van der Waals surface area contributed by atoms with Crippen LogP contribution >= 0.6 is 12.2 Å². The van der Waals surface area contributed by atoms with E-state index in [0.717, 1.165) is 50.0 Å². The number of hydrogen-bond donors (Lipinski definition) is 0. The van der Waals surface area contributed by atoms with Crippen molar-refractivity contribution in [1.29, 1.82) is 0 Å². The normalized spacial score (nSPS) is 19.1. The van der Waals surface area contributed by atoms with Crippen LogP contribution in [0.3, 0.4) is 0 Å². The fourth-order valence-electron chi connectivity index (χ4n) is 3.80. The predicted molar refractivity (Wildman–Crippen MR) is 117 cm³/mol. The molecule has 1 aliphatic heterocycles. The second-order valence-corrected chi connectivity index (χ2v) is 8.63. The van der Waals surface area contributed by atoms with Crippen molar-refractivity contribution < 1.29 is 0 Å². The topological polar surface area (TPSA) is 29.2 Å². The van der Waals surface area contributed by atoms with Crippen molar-refractivity contribution in [2.75, 3.05) is 32.7 Å². The van der Waals surface area contributed by atoms with E-state index in [0.29, 0.717) is 12.0 Å². The highest BCUT2D eigenvalue weighted by molar-refractivity contribution is 7.71. The number of rotatable bonds is 7. The Morgan fingerprint density at radius 2 is 1.75 bits per heavy atom. The van der Waals surface area contributed by atoms with Crippen LogP contribution in [0.2, 0.25) is 0 Å². The van der Waals surface area contributed by atoms with Gasteiger partial charge in [-0.15, -0.1) is 0 Å². The molecule has 2 aromatic rings. The smallest absolute Gasteiger partial charge is 0.199 e. The van der Waals surface area contributed by atoms with E-state index in [1.165, 1.54) is 18.4 Å². The van der Waals surface area contributed by atoms with Gasteiger partial charge in [0.05, 0.1) is 6.67 Å². The van der Waals surface area contributed by atoms with Gasteiger partial charge in [0.2, 0.25) is 0 Å². The molecule has 0 spiro atoms. The van der Waals surface area contributed by atoms with E-state index in [-0.39, 0.29) is 0 Å². The molecule has 1 saturated carbocycles. The van der Waals surface area contributed by atoms with Crippen LogP contribution in [0.1, 0.15) is 50.0 Å². The second kappa shape index (κ2) is 8.72. The van der Waals surface area contributed by atoms with E-state index >= 15 is 0 Å². The molecule has 150 valence electrons. The summed E-state index contributed by atoms with van der Waals surface area (Å²) in [5.41, 5.74) is 1.27. The van der Waals surface area contributed by atoms with Crippen LogP contribution in [0.15, 0.2) is 36.4 Å². The second-order valence-electron chi connectivity index (χ2n) is 8.27. The van der Waals surface area contributed by atoms with Crippen molar-refractivity contribution in [3.8, 4) is 0 Å². The molecule has 0 bridgehead atoms. The summed E-state index contributed by atoms with van der Waals surface area (Å²) >= 11 is 5.76. The van der Waals surface area contributed by atoms with E-state index in [1.54, 1.807) is 0 Å². The van der Waals surface area contributed by atoms with E-state index in [9.17, 15) is 0 Å². The average Bonchev–Trinajstić information content (AvgIpc) is 3.48. The monoisotopic (exact) mass is 397 g/mol. The molecule has 1 aromatic carbocycles. The Hall–Kier alpha value is -1.76. The maximum atomic E-state index is 5.76. The molecule has 2 fully saturated rings. The third-order valence-electron chi connectivity index (χ3n) is 5.60. The summed E-state index contributed by atoms with van der Waals surface area (Å²) in [5.74, 6) is 1.56. The van der Waals surface area contributed by atoms with E-state index in [4.69, 9.17) is 17.3 Å². The first kappa shape index (κ1) is 19.6. The average molecular weight is 398 g/mol. The molecule has 6 heteroatoms. The van der Waals surface area contributed by atoms with Crippen molar-refractivity contribution >= 4 is 18.3 Å². The van der Waals surface area contributed by atoms with Crippen LogP contribution in [-0.2, 0) is 6.67 Å². The van der Waals surface area contributed by atoms with Gasteiger partial charge in [-0.2, -0.15) is 5.10 Å². The Balaban J connectivity index is 1.31. The van der Waals surface area contributed by atoms with Gasteiger partial charge in [-0.3, -0.25) is 9.80 Å². The van der Waals surface area contributed by atoms with Gasteiger partial charge in [0.25, 0.3) is 0 Å². The molecule has 1 aromatic heterocycles. The standard InChI is InChI=1S/C22H31N5S/c1-18(2)21-23-26(22(28)27(21)20-10-11-20)17-25-15-13-24(14-16-25)12-6-9-19-7-4-3-5-8-19/h3-9,18,20H,10-17H2,1-2H3/b9-6+. The van der Waals surface area contributed by atoms with E-state index in [1.807, 2.05) is 4.68 Å². The summed E-state index contributed by atoms with van der Waals surface area (Å²) in [6, 6.07) is 11.1. The summed E-state index contributed by atoms with van der Waals surface area (Å²) in [6.07, 6.45) is 6.97. The minimum absolute atomic E-state index is 0.414. The Kier molecular flexibility index (Phi) is 6.09. The van der Waals surface area contributed by atoms with Gasteiger partial charge in [-0.1, -0.05) is 56.3 Å². The largest absolute Gasteiger partial charge is 0.301 e. The molecular weight excluding hydrogens is 366 g/mol. The van der Waals surface area contributed by atoms with Crippen LogP contribution < -0.4 is 0 Å². The van der Waals surface area contributed by atoms with E-state index < -0.39 is 0 Å². The molecule has 0 amide bonds. The summed E-state index contributed by atoms with van der Waals surface area (Å²) in [7, 11) is 0. The van der Waals surface area contributed by atoms with Gasteiger partial charge in [0.15, 0.2) is 4.77 Å². The van der Waals surface area contributed by atoms with Crippen LogP contribution in [0.4, 0.5) is 0 Å². The summed E-state index contributed by atoms with van der Waals surface area (Å²) in [5, 5.41) is 4.88. The molecule has 5 nitrogen and oxygen atoms in total. The van der Waals surface area contributed by atoms with E-state index in [2.05, 4.69) is 70.7 Å². The molecule has 0 N–H and O–H groups in total. The van der Waals surface area contributed by atoms with Gasteiger partial charge >= 0.3 is 0 Å². The zero-order valence-corrected chi connectivity index (χ0v) is 17.8. The molecule has 28 heavy (non-hydrogen) atoms. The van der Waals surface area contributed by atoms with Crippen molar-refractivity contribution in [2.45, 2.75) is 45.3 Å². The zero-order chi connectivity index (χ0) is 19.5. The highest BCUT2D eigenvalue weighted by Crippen LogP contribution is 2.37. The van der Waals surface area contributed by atoms with Gasteiger partial charge in [-0.25, -0.2) is 4.68 Å². The molecule has 2 aliphatic rings. The lowest BCUT2D eigenvalue weighted by atomic mass is 10.2. The van der Waals surface area contributed by atoms with Crippen LogP contribution in [0, 0.1) is 4.77 Å². The number of nitrogens with zero attached hydrogens (tertiary/aromatic N) is 5. The molecule has 1 aliphatic carbocycles. The fourth-order valence-corrected chi connectivity index (χ4v) is 4.14. The lowest BCUT2D eigenvalue weighted by Gasteiger charge is -2.33. The summed E-state index contributed by atoms with van der Waals surface area (Å²) in [4.78, 5) is 4.99. The maximum absolute atomic E-state index is 5.76. The van der Waals surface area contributed by atoms with Gasteiger partial charge in [0.1, 0.15) is 5.82 Å². The maximum Gasteiger partial charge on any atom is 0.199 e. The Morgan fingerprint density at radius 3 is 2.39 bits per heavy atom. The Bertz CT molecular complexity index is 855. The Labute approximate surface area is 173 Å². The Morgan fingerprint density at radius 1 is 1.07 bits per heavy atom. The zero-order valence-electron chi connectivity index (χ0n) is 17.0. The number of aromatic nitrogens is 3. The minimum Gasteiger partial charge on any atom is -0.301 e. The van der Waals surface area contributed by atoms with Gasteiger partial charge in [0, 0.05) is 44.7 Å². The first-order valence-corrected chi connectivity index (χ1v) is 10.9. The molecule has 0 unspecified atom stereocenters. The molecule has 1 saturated heterocycles. The van der Waals surface area contributed by atoms with Crippen molar-refractivity contribution in [3.05, 3.63) is 52.6 Å². The lowest BCUT2D eigenvalue weighted by Crippen LogP contribution is -2.46. The highest BCUT2D eigenvalue weighted by Gasteiger charge is 2.29.